The lowest BCUT2D eigenvalue weighted by molar-refractivity contribution is -0.163. The molecule has 0 aromatic rings. The first-order valence-electron chi connectivity index (χ1n) is 4.74. The number of nitrogens with zero attached hydrogens (tertiary/aromatic N) is 1. The Labute approximate surface area is 86.5 Å². The van der Waals surface area contributed by atoms with E-state index in [0.717, 1.165) is 0 Å². The molecular weight excluding hydrogens is 202 g/mol. The second-order valence-electron chi connectivity index (χ2n) is 3.58. The van der Waals surface area contributed by atoms with Crippen LogP contribution >= 0.6 is 0 Å². The van der Waals surface area contributed by atoms with Gasteiger partial charge in [0, 0.05) is 6.54 Å². The van der Waals surface area contributed by atoms with Crippen molar-refractivity contribution in [3.8, 4) is 0 Å². The van der Waals surface area contributed by atoms with Crippen LogP contribution < -0.4 is 0 Å². The van der Waals surface area contributed by atoms with Crippen molar-refractivity contribution in [1.82, 2.24) is 4.90 Å². The highest BCUT2D eigenvalue weighted by molar-refractivity contribution is 6.07. The Morgan fingerprint density at radius 1 is 1.47 bits per heavy atom. The van der Waals surface area contributed by atoms with E-state index < -0.39 is 23.4 Å². The van der Waals surface area contributed by atoms with Gasteiger partial charge < -0.3 is 10.2 Å². The Hall–Kier alpha value is -1.59. The van der Waals surface area contributed by atoms with Gasteiger partial charge in [-0.3, -0.25) is 9.59 Å². The zero-order valence-electron chi connectivity index (χ0n) is 8.39. The molecule has 0 saturated carbocycles. The summed E-state index contributed by atoms with van der Waals surface area (Å²) >= 11 is 0. The van der Waals surface area contributed by atoms with E-state index in [1.54, 1.807) is 6.92 Å². The summed E-state index contributed by atoms with van der Waals surface area (Å²) in [7, 11) is 0. The Morgan fingerprint density at radius 3 is 2.47 bits per heavy atom. The normalized spacial score (nSPS) is 26.5. The first-order chi connectivity index (χ1) is 6.95. The number of amides is 2. The van der Waals surface area contributed by atoms with Crippen molar-refractivity contribution in [3.63, 3.8) is 0 Å². The van der Waals surface area contributed by atoms with Crippen molar-refractivity contribution in [1.29, 1.82) is 0 Å². The number of carboxylic acids is 1. The Balaban J connectivity index is 3.04. The Bertz CT molecular complexity index is 314. The summed E-state index contributed by atoms with van der Waals surface area (Å²) in [6.07, 6.45) is -0.649. The summed E-state index contributed by atoms with van der Waals surface area (Å²) in [6, 6.07) is 0. The van der Waals surface area contributed by atoms with Gasteiger partial charge in [0.2, 0.25) is 5.91 Å². The molecule has 15 heavy (non-hydrogen) atoms. The summed E-state index contributed by atoms with van der Waals surface area (Å²) in [5.74, 6) is -2.04. The third-order valence-corrected chi connectivity index (χ3v) is 2.88. The monoisotopic (exact) mass is 215 g/mol. The van der Waals surface area contributed by atoms with Crippen LogP contribution in [0.15, 0.2) is 0 Å². The lowest BCUT2D eigenvalue weighted by Gasteiger charge is -2.35. The molecule has 0 spiro atoms. The zero-order chi connectivity index (χ0) is 11.6. The molecule has 1 atom stereocenters. The van der Waals surface area contributed by atoms with E-state index in [1.807, 2.05) is 0 Å². The van der Waals surface area contributed by atoms with Gasteiger partial charge in [0.1, 0.15) is 5.41 Å². The maximum Gasteiger partial charge on any atom is 0.414 e. The highest BCUT2D eigenvalue weighted by Gasteiger charge is 2.50. The topological polar surface area (TPSA) is 94.9 Å². The van der Waals surface area contributed by atoms with Crippen molar-refractivity contribution in [2.75, 3.05) is 6.54 Å². The molecule has 1 rings (SSSR count). The second kappa shape index (κ2) is 3.88. The fraction of sp³-hybridized carbons (Fsp3) is 0.667. The predicted octanol–water partition coefficient (Wildman–Crippen LogP) is 0.768. The summed E-state index contributed by atoms with van der Waals surface area (Å²) in [5, 5.41) is 17.7. The number of aliphatic carboxylic acids is 1. The maximum atomic E-state index is 11.7. The molecule has 1 heterocycles. The molecule has 1 aliphatic rings. The van der Waals surface area contributed by atoms with E-state index in [2.05, 4.69) is 0 Å². The number of likely N-dealkylation sites (tertiary alicyclic amines) is 1. The van der Waals surface area contributed by atoms with Crippen molar-refractivity contribution >= 4 is 18.0 Å². The molecule has 6 nitrogen and oxygen atoms in total. The summed E-state index contributed by atoms with van der Waals surface area (Å²) in [4.78, 5) is 34.1. The lowest BCUT2D eigenvalue weighted by atomic mass is 9.77. The van der Waals surface area contributed by atoms with Crippen LogP contribution in [0.3, 0.4) is 0 Å². The quantitative estimate of drug-likeness (QED) is 0.663. The van der Waals surface area contributed by atoms with E-state index in [0.29, 0.717) is 11.3 Å². The van der Waals surface area contributed by atoms with Crippen molar-refractivity contribution in [2.45, 2.75) is 26.2 Å². The van der Waals surface area contributed by atoms with Crippen molar-refractivity contribution in [3.05, 3.63) is 0 Å². The van der Waals surface area contributed by atoms with Gasteiger partial charge >= 0.3 is 12.1 Å². The van der Waals surface area contributed by atoms with Crippen LogP contribution in [0.25, 0.3) is 0 Å². The molecule has 2 amide bonds. The van der Waals surface area contributed by atoms with Crippen LogP contribution in [-0.2, 0) is 9.59 Å². The average Bonchev–Trinajstić information content (AvgIpc) is 2.17. The number of carbonyl (C=O) groups excluding carboxylic acids is 1. The molecule has 1 aliphatic heterocycles. The minimum Gasteiger partial charge on any atom is -0.480 e. The zero-order valence-corrected chi connectivity index (χ0v) is 8.39. The third kappa shape index (κ3) is 1.67. The van der Waals surface area contributed by atoms with Crippen LogP contribution in [0.4, 0.5) is 4.79 Å². The Morgan fingerprint density at radius 2 is 2.07 bits per heavy atom. The fourth-order valence-corrected chi connectivity index (χ4v) is 1.87. The molecule has 6 heteroatoms. The highest BCUT2D eigenvalue weighted by atomic mass is 16.4. The fourth-order valence-electron chi connectivity index (χ4n) is 1.87. The van der Waals surface area contributed by atoms with E-state index in [-0.39, 0.29) is 19.4 Å². The van der Waals surface area contributed by atoms with Crippen LogP contribution in [0, 0.1) is 5.41 Å². The number of carbonyl (C=O) groups is 3. The first-order valence-corrected chi connectivity index (χ1v) is 4.74. The molecule has 1 saturated heterocycles. The number of hydrogen-bond acceptors (Lipinski definition) is 3. The first kappa shape index (κ1) is 11.5. The van der Waals surface area contributed by atoms with Gasteiger partial charge in [-0.25, -0.2) is 9.69 Å². The SMILES string of the molecule is CCC1(C(=O)O)CCCN(C(=O)O)C1=O. The maximum absolute atomic E-state index is 11.7. The molecule has 0 bridgehead atoms. The van der Waals surface area contributed by atoms with Crippen LogP contribution in [0.2, 0.25) is 0 Å². The molecule has 1 fully saturated rings. The summed E-state index contributed by atoms with van der Waals surface area (Å²) < 4.78 is 0. The van der Waals surface area contributed by atoms with Gasteiger partial charge in [-0.05, 0) is 19.3 Å². The standard InChI is InChI=1S/C9H13NO5/c1-2-9(7(12)13)4-3-5-10(6(9)11)8(14)15/h2-5H2,1H3,(H,12,13)(H,14,15). The number of piperidine rings is 1. The van der Waals surface area contributed by atoms with Crippen LogP contribution in [0.1, 0.15) is 26.2 Å². The number of hydrogen-bond donors (Lipinski definition) is 2. The van der Waals surface area contributed by atoms with Crippen molar-refractivity contribution < 1.29 is 24.6 Å². The van der Waals surface area contributed by atoms with Crippen LogP contribution in [0.5, 0.6) is 0 Å². The second-order valence-corrected chi connectivity index (χ2v) is 3.58. The van der Waals surface area contributed by atoms with E-state index in [4.69, 9.17) is 10.2 Å². The van der Waals surface area contributed by atoms with Gasteiger partial charge in [-0.1, -0.05) is 6.92 Å². The largest absolute Gasteiger partial charge is 0.480 e. The molecular formula is C9H13NO5. The summed E-state index contributed by atoms with van der Waals surface area (Å²) in [6.45, 7) is 1.67. The lowest BCUT2D eigenvalue weighted by Crippen LogP contribution is -2.54. The molecule has 0 aliphatic carbocycles. The predicted molar refractivity (Wildman–Crippen MR) is 49.3 cm³/mol. The van der Waals surface area contributed by atoms with Gasteiger partial charge in [-0.2, -0.15) is 0 Å². The number of imide groups is 1. The van der Waals surface area contributed by atoms with Crippen molar-refractivity contribution in [2.24, 2.45) is 5.41 Å². The van der Waals surface area contributed by atoms with E-state index in [1.165, 1.54) is 0 Å². The molecule has 2 N–H and O–H groups in total. The minimum absolute atomic E-state index is 0.0865. The van der Waals surface area contributed by atoms with Gasteiger partial charge in [-0.15, -0.1) is 0 Å². The molecule has 84 valence electrons. The molecule has 0 aromatic carbocycles. The molecule has 0 radical (unpaired) electrons. The molecule has 0 aromatic heterocycles. The average molecular weight is 215 g/mol. The smallest absolute Gasteiger partial charge is 0.414 e. The molecule has 1 unspecified atom stereocenters. The minimum atomic E-state index is -1.54. The third-order valence-electron chi connectivity index (χ3n) is 2.88. The number of rotatable bonds is 2. The Kier molecular flexibility index (Phi) is 2.97. The van der Waals surface area contributed by atoms with E-state index in [9.17, 15) is 14.4 Å². The summed E-state index contributed by atoms with van der Waals surface area (Å²) in [5.41, 5.74) is -1.54. The van der Waals surface area contributed by atoms with Gasteiger partial charge in [0.25, 0.3) is 0 Å². The number of carboxylic acid groups (broad SMARTS) is 2. The van der Waals surface area contributed by atoms with Crippen LogP contribution in [-0.4, -0.2) is 39.6 Å². The van der Waals surface area contributed by atoms with Gasteiger partial charge in [0.15, 0.2) is 0 Å². The highest BCUT2D eigenvalue weighted by Crippen LogP contribution is 2.34. The van der Waals surface area contributed by atoms with Gasteiger partial charge in [0.05, 0.1) is 0 Å². The van der Waals surface area contributed by atoms with E-state index >= 15 is 0 Å².